The molecule has 1 fully saturated rings. The van der Waals surface area contributed by atoms with E-state index in [-0.39, 0.29) is 5.91 Å². The number of rotatable bonds is 8. The molecular weight excluding hydrogens is 318 g/mol. The van der Waals surface area contributed by atoms with Crippen LogP contribution < -0.4 is 5.32 Å². The first-order valence-corrected chi connectivity index (χ1v) is 9.20. The van der Waals surface area contributed by atoms with Crippen molar-refractivity contribution in [2.24, 2.45) is 5.18 Å². The molecule has 1 rings (SSSR count). The van der Waals surface area contributed by atoms with Crippen LogP contribution in [0.1, 0.15) is 47.0 Å². The molecule has 1 aliphatic heterocycles. The molecule has 1 saturated heterocycles. The molecule has 23 heavy (non-hydrogen) atoms. The average Bonchev–Trinajstić information content (AvgIpc) is 2.98. The van der Waals surface area contributed by atoms with Crippen molar-refractivity contribution in [3.05, 3.63) is 4.91 Å². The Hall–Kier alpha value is -1.31. The molecule has 0 aliphatic carbocycles. The van der Waals surface area contributed by atoms with Crippen LogP contribution in [0.2, 0.25) is 0 Å². The average molecular weight is 345 g/mol. The predicted octanol–water partition coefficient (Wildman–Crippen LogP) is 2.74. The van der Waals surface area contributed by atoms with E-state index in [4.69, 9.17) is 4.74 Å². The molecule has 0 spiro atoms. The van der Waals surface area contributed by atoms with Gasteiger partial charge in [-0.2, -0.15) is 11.8 Å². The monoisotopic (exact) mass is 345 g/mol. The Bertz CT molecular complexity index is 431. The van der Waals surface area contributed by atoms with Crippen LogP contribution >= 0.6 is 11.8 Å². The van der Waals surface area contributed by atoms with Gasteiger partial charge in [-0.15, -0.1) is 4.91 Å². The Balaban J connectivity index is 2.73. The minimum atomic E-state index is -0.706. The highest BCUT2D eigenvalue weighted by Crippen LogP contribution is 2.20. The first kappa shape index (κ1) is 19.7. The third-order valence-electron chi connectivity index (χ3n) is 3.93. The molecule has 0 aromatic carbocycles. The fourth-order valence-electron chi connectivity index (χ4n) is 2.22. The van der Waals surface area contributed by atoms with Crippen LogP contribution in [0.15, 0.2) is 5.18 Å². The maximum absolute atomic E-state index is 12.6. The highest BCUT2D eigenvalue weighted by atomic mass is 32.2. The summed E-state index contributed by atoms with van der Waals surface area (Å²) in [6.45, 7) is 8.04. The zero-order valence-electron chi connectivity index (χ0n) is 14.3. The number of carbonyl (C=O) groups is 2. The number of ether oxygens (including phenoxy) is 1. The summed E-state index contributed by atoms with van der Waals surface area (Å²) in [6, 6.07) is -0.706. The second-order valence-electron chi connectivity index (χ2n) is 6.12. The van der Waals surface area contributed by atoms with Gasteiger partial charge >= 0.3 is 6.09 Å². The lowest BCUT2D eigenvalue weighted by Gasteiger charge is -2.28. The predicted molar refractivity (Wildman–Crippen MR) is 91.3 cm³/mol. The summed E-state index contributed by atoms with van der Waals surface area (Å²) >= 11 is 1.55. The van der Waals surface area contributed by atoms with Gasteiger partial charge < -0.3 is 15.0 Å². The molecule has 0 unspecified atom stereocenters. The van der Waals surface area contributed by atoms with E-state index in [1.807, 2.05) is 27.7 Å². The second-order valence-corrected chi connectivity index (χ2v) is 7.44. The van der Waals surface area contributed by atoms with Gasteiger partial charge in [0.25, 0.3) is 0 Å². The maximum atomic E-state index is 12.6. The Morgan fingerprint density at radius 3 is 2.70 bits per heavy atom. The van der Waals surface area contributed by atoms with Gasteiger partial charge in [0.1, 0.15) is 11.6 Å². The fourth-order valence-corrected chi connectivity index (χ4v) is 2.92. The number of likely N-dealkylation sites (tertiary alicyclic amines) is 1. The minimum Gasteiger partial charge on any atom is -0.444 e. The van der Waals surface area contributed by atoms with E-state index >= 15 is 0 Å². The third kappa shape index (κ3) is 6.01. The number of thioether (sulfide) groups is 1. The Labute approximate surface area is 141 Å². The smallest absolute Gasteiger partial charge is 0.408 e. The van der Waals surface area contributed by atoms with Crippen molar-refractivity contribution >= 4 is 23.8 Å². The van der Waals surface area contributed by atoms with Gasteiger partial charge in [0.2, 0.25) is 5.91 Å². The van der Waals surface area contributed by atoms with Crippen molar-refractivity contribution in [2.75, 3.05) is 18.1 Å². The summed E-state index contributed by atoms with van der Waals surface area (Å²) < 4.78 is 5.35. The van der Waals surface area contributed by atoms with E-state index in [9.17, 15) is 14.5 Å². The molecule has 2 atom stereocenters. The quantitative estimate of drug-likeness (QED) is 0.683. The zero-order valence-corrected chi connectivity index (χ0v) is 15.1. The topological polar surface area (TPSA) is 88.1 Å². The SMILES string of the molecule is CCSC[C@H](NC(=O)OC(C)(C)CC)C(=O)N1CCC[C@H]1N=O. The van der Waals surface area contributed by atoms with Crippen molar-refractivity contribution < 1.29 is 14.3 Å². The number of hydrogen-bond acceptors (Lipinski definition) is 6. The van der Waals surface area contributed by atoms with Gasteiger partial charge in [0.15, 0.2) is 6.17 Å². The van der Waals surface area contributed by atoms with E-state index in [1.54, 1.807) is 11.8 Å². The second kappa shape index (κ2) is 9.10. The molecule has 8 heteroatoms. The number of hydrogen-bond donors (Lipinski definition) is 1. The van der Waals surface area contributed by atoms with Crippen molar-refractivity contribution in [1.29, 1.82) is 0 Å². The van der Waals surface area contributed by atoms with Gasteiger partial charge in [-0.1, -0.05) is 13.8 Å². The molecule has 2 amide bonds. The summed E-state index contributed by atoms with van der Waals surface area (Å²) in [5.41, 5.74) is -0.587. The molecule has 0 aromatic rings. The van der Waals surface area contributed by atoms with Crippen LogP contribution in [0.25, 0.3) is 0 Å². The van der Waals surface area contributed by atoms with E-state index in [0.29, 0.717) is 25.1 Å². The lowest BCUT2D eigenvalue weighted by Crippen LogP contribution is -2.52. The van der Waals surface area contributed by atoms with Gasteiger partial charge in [-0.3, -0.25) is 4.79 Å². The lowest BCUT2D eigenvalue weighted by molar-refractivity contribution is -0.133. The molecular formula is C15H27N3O4S. The highest BCUT2D eigenvalue weighted by Gasteiger charge is 2.35. The lowest BCUT2D eigenvalue weighted by atomic mass is 10.1. The van der Waals surface area contributed by atoms with Crippen LogP contribution in [0.5, 0.6) is 0 Å². The zero-order chi connectivity index (χ0) is 17.5. The number of nitrogens with one attached hydrogen (secondary N) is 1. The standard InChI is InChI=1S/C15H27N3O4S/c1-5-15(3,4)22-14(20)16-11(10-23-6-2)13(19)18-9-7-8-12(18)17-21/h11-12H,5-10H2,1-4H3,(H,16,20)/t11-,12-/m0/s1. The van der Waals surface area contributed by atoms with Crippen LogP contribution in [-0.4, -0.2) is 52.8 Å². The third-order valence-corrected chi connectivity index (χ3v) is 4.90. The Morgan fingerprint density at radius 2 is 2.13 bits per heavy atom. The summed E-state index contributed by atoms with van der Waals surface area (Å²) in [4.78, 5) is 37.0. The van der Waals surface area contributed by atoms with Gasteiger partial charge in [-0.05, 0) is 44.0 Å². The van der Waals surface area contributed by atoms with Gasteiger partial charge in [-0.25, -0.2) is 4.79 Å². The van der Waals surface area contributed by atoms with Crippen LogP contribution in [0, 0.1) is 4.91 Å². The Kier molecular flexibility index (Phi) is 7.81. The first-order chi connectivity index (χ1) is 10.8. The maximum Gasteiger partial charge on any atom is 0.408 e. The molecule has 1 aliphatic rings. The van der Waals surface area contributed by atoms with Crippen LogP contribution in [0.3, 0.4) is 0 Å². The highest BCUT2D eigenvalue weighted by molar-refractivity contribution is 7.99. The molecule has 1 heterocycles. The minimum absolute atomic E-state index is 0.265. The van der Waals surface area contributed by atoms with E-state index in [1.165, 1.54) is 4.90 Å². The van der Waals surface area contributed by atoms with Crippen molar-refractivity contribution in [1.82, 2.24) is 10.2 Å². The Morgan fingerprint density at radius 1 is 1.43 bits per heavy atom. The number of nitrogens with zero attached hydrogens (tertiary/aromatic N) is 2. The number of carbonyl (C=O) groups excluding carboxylic acids is 2. The van der Waals surface area contributed by atoms with Gasteiger partial charge in [0, 0.05) is 12.3 Å². The van der Waals surface area contributed by atoms with Crippen LogP contribution in [-0.2, 0) is 9.53 Å². The molecule has 132 valence electrons. The largest absolute Gasteiger partial charge is 0.444 e. The van der Waals surface area contributed by atoms with E-state index in [0.717, 1.165) is 12.2 Å². The van der Waals surface area contributed by atoms with Crippen molar-refractivity contribution in [2.45, 2.75) is 64.8 Å². The summed E-state index contributed by atoms with van der Waals surface area (Å²) in [7, 11) is 0. The van der Waals surface area contributed by atoms with E-state index < -0.39 is 23.9 Å². The number of alkyl carbamates (subject to hydrolysis) is 1. The summed E-state index contributed by atoms with van der Waals surface area (Å²) in [5, 5.41) is 5.66. The summed E-state index contributed by atoms with van der Waals surface area (Å²) in [6.07, 6.45) is 0.772. The molecule has 0 radical (unpaired) electrons. The summed E-state index contributed by atoms with van der Waals surface area (Å²) in [5.74, 6) is 1.01. The first-order valence-electron chi connectivity index (χ1n) is 8.04. The molecule has 1 N–H and O–H groups in total. The van der Waals surface area contributed by atoms with Crippen molar-refractivity contribution in [3.63, 3.8) is 0 Å². The number of amides is 2. The van der Waals surface area contributed by atoms with E-state index in [2.05, 4.69) is 10.5 Å². The number of nitroso groups, excluding NO2 is 1. The van der Waals surface area contributed by atoms with Gasteiger partial charge in [0.05, 0.1) is 0 Å². The fraction of sp³-hybridized carbons (Fsp3) is 0.867. The van der Waals surface area contributed by atoms with Crippen molar-refractivity contribution in [3.8, 4) is 0 Å². The molecule has 7 nitrogen and oxygen atoms in total. The molecule has 0 saturated carbocycles. The molecule has 0 bridgehead atoms. The molecule has 0 aromatic heterocycles. The normalized spacial score (nSPS) is 19.3. The van der Waals surface area contributed by atoms with Crippen LogP contribution in [0.4, 0.5) is 4.79 Å².